The molecule has 2 aromatic rings. The molecular weight excluding hydrogens is 432 g/mol. The summed E-state index contributed by atoms with van der Waals surface area (Å²) in [5.74, 6) is -1.05. The molecule has 4 nitrogen and oxygen atoms in total. The number of rotatable bonds is 8. The number of thiol groups is 1. The van der Waals surface area contributed by atoms with Gasteiger partial charge < -0.3 is 15.1 Å². The van der Waals surface area contributed by atoms with Crippen molar-refractivity contribution in [1.82, 2.24) is 4.90 Å². The number of allylic oxidation sites excluding steroid dienone is 2. The van der Waals surface area contributed by atoms with E-state index in [2.05, 4.69) is 12.6 Å². The molecule has 0 saturated heterocycles. The van der Waals surface area contributed by atoms with Gasteiger partial charge in [-0.25, -0.2) is 8.78 Å². The van der Waals surface area contributed by atoms with Crippen molar-refractivity contribution in [3.63, 3.8) is 0 Å². The molecule has 0 saturated carbocycles. The lowest BCUT2D eigenvalue weighted by Crippen LogP contribution is -2.46. The second kappa shape index (κ2) is 10.8. The number of amides is 1. The zero-order valence-corrected chi connectivity index (χ0v) is 18.6. The summed E-state index contributed by atoms with van der Waals surface area (Å²) >= 11 is 4.50. The Morgan fingerprint density at radius 2 is 1.75 bits per heavy atom. The number of aromatic hydroxyl groups is 1. The van der Waals surface area contributed by atoms with E-state index in [1.807, 2.05) is 6.92 Å². The highest BCUT2D eigenvalue weighted by Crippen LogP contribution is 2.28. The van der Waals surface area contributed by atoms with Gasteiger partial charge in [-0.05, 0) is 60.4 Å². The van der Waals surface area contributed by atoms with Gasteiger partial charge in [0.05, 0.1) is 17.4 Å². The van der Waals surface area contributed by atoms with Gasteiger partial charge >= 0.3 is 0 Å². The number of nitrogens with zero attached hydrogens (tertiary/aromatic N) is 1. The van der Waals surface area contributed by atoms with Crippen molar-refractivity contribution in [1.29, 1.82) is 0 Å². The molecule has 1 amide bonds. The van der Waals surface area contributed by atoms with Gasteiger partial charge in [-0.15, -0.1) is 0 Å². The first kappa shape index (κ1) is 24.0. The van der Waals surface area contributed by atoms with Gasteiger partial charge in [0.15, 0.2) is 0 Å². The lowest BCUT2D eigenvalue weighted by atomic mass is 9.94. The fourth-order valence-electron chi connectivity index (χ4n) is 3.77. The third kappa shape index (κ3) is 6.20. The van der Waals surface area contributed by atoms with E-state index in [4.69, 9.17) is 0 Å². The second-order valence-electron chi connectivity index (χ2n) is 8.05. The smallest absolute Gasteiger partial charge is 0.236 e. The maximum absolute atomic E-state index is 13.7. The molecule has 2 aromatic carbocycles. The summed E-state index contributed by atoms with van der Waals surface area (Å²) in [6.07, 6.45) is 4.26. The van der Waals surface area contributed by atoms with Crippen LogP contribution in [0.1, 0.15) is 37.0 Å². The molecule has 32 heavy (non-hydrogen) atoms. The van der Waals surface area contributed by atoms with Gasteiger partial charge in [-0.2, -0.15) is 12.6 Å². The highest BCUT2D eigenvalue weighted by Gasteiger charge is 2.31. The van der Waals surface area contributed by atoms with Crippen molar-refractivity contribution in [2.45, 2.75) is 43.7 Å². The molecule has 0 spiro atoms. The van der Waals surface area contributed by atoms with Crippen LogP contribution in [0.3, 0.4) is 0 Å². The molecule has 1 aliphatic rings. The molecule has 4 atom stereocenters. The summed E-state index contributed by atoms with van der Waals surface area (Å²) in [7, 11) is 0. The first-order chi connectivity index (χ1) is 15.2. The molecule has 1 unspecified atom stereocenters. The zero-order chi connectivity index (χ0) is 23.3. The number of phenolic OH excluding ortho intramolecular Hbond substituents is 1. The van der Waals surface area contributed by atoms with E-state index in [1.165, 1.54) is 36.4 Å². The van der Waals surface area contributed by atoms with Crippen LogP contribution in [0, 0.1) is 11.7 Å². The Labute approximate surface area is 192 Å². The Hall–Kier alpha value is -2.64. The van der Waals surface area contributed by atoms with Gasteiger partial charge in [0.25, 0.3) is 0 Å². The van der Waals surface area contributed by atoms with Crippen LogP contribution in [0.5, 0.6) is 5.75 Å². The molecule has 3 rings (SSSR count). The number of halogens is 2. The molecule has 0 bridgehead atoms. The van der Waals surface area contributed by atoms with E-state index in [0.29, 0.717) is 12.0 Å². The molecule has 1 aliphatic carbocycles. The van der Waals surface area contributed by atoms with Crippen LogP contribution < -0.4 is 0 Å². The Morgan fingerprint density at radius 3 is 2.38 bits per heavy atom. The van der Waals surface area contributed by atoms with E-state index in [-0.39, 0.29) is 48.2 Å². The van der Waals surface area contributed by atoms with E-state index in [1.54, 1.807) is 35.2 Å². The lowest BCUT2D eigenvalue weighted by Gasteiger charge is -2.36. The van der Waals surface area contributed by atoms with Gasteiger partial charge in [0.2, 0.25) is 5.91 Å². The number of aliphatic hydroxyl groups excluding tert-OH is 1. The summed E-state index contributed by atoms with van der Waals surface area (Å²) in [5, 5.41) is 19.3. The fourth-order valence-corrected chi connectivity index (χ4v) is 4.07. The summed E-state index contributed by atoms with van der Waals surface area (Å²) < 4.78 is 26.8. The lowest BCUT2D eigenvalue weighted by molar-refractivity contribution is -0.133. The van der Waals surface area contributed by atoms with Gasteiger partial charge in [-0.1, -0.05) is 37.3 Å². The topological polar surface area (TPSA) is 60.8 Å². The number of phenols is 1. The Balaban J connectivity index is 1.72. The Kier molecular flexibility index (Phi) is 8.10. The number of hydrogen-bond donors (Lipinski definition) is 3. The highest BCUT2D eigenvalue weighted by molar-refractivity contribution is 7.81. The predicted octanol–water partition coefficient (Wildman–Crippen LogP) is 5.10. The van der Waals surface area contributed by atoms with Crippen LogP contribution in [0.15, 0.2) is 72.6 Å². The predicted molar refractivity (Wildman–Crippen MR) is 123 cm³/mol. The van der Waals surface area contributed by atoms with Crippen LogP contribution in [-0.2, 0) is 11.3 Å². The van der Waals surface area contributed by atoms with Crippen molar-refractivity contribution in [3.05, 3.63) is 89.5 Å². The summed E-state index contributed by atoms with van der Waals surface area (Å²) in [6.45, 7) is 2.11. The van der Waals surface area contributed by atoms with Crippen LogP contribution in [0.4, 0.5) is 8.78 Å². The average Bonchev–Trinajstić information content (AvgIpc) is 2.77. The van der Waals surface area contributed by atoms with Crippen LogP contribution in [0.2, 0.25) is 0 Å². The molecule has 170 valence electrons. The monoisotopic (exact) mass is 459 g/mol. The minimum atomic E-state index is -0.839. The van der Waals surface area contributed by atoms with Crippen molar-refractivity contribution in [2.75, 3.05) is 0 Å². The summed E-state index contributed by atoms with van der Waals surface area (Å²) in [4.78, 5) is 15.0. The average molecular weight is 460 g/mol. The molecule has 0 aromatic heterocycles. The molecule has 0 fully saturated rings. The van der Waals surface area contributed by atoms with E-state index < -0.39 is 11.4 Å². The third-order valence-electron chi connectivity index (χ3n) is 5.60. The van der Waals surface area contributed by atoms with Crippen molar-refractivity contribution in [2.24, 2.45) is 5.92 Å². The Morgan fingerprint density at radius 1 is 1.09 bits per heavy atom. The minimum Gasteiger partial charge on any atom is -0.508 e. The maximum Gasteiger partial charge on any atom is 0.236 e. The number of aliphatic hydroxyl groups is 1. The first-order valence-electron chi connectivity index (χ1n) is 10.5. The molecule has 0 radical (unpaired) electrons. The summed E-state index contributed by atoms with van der Waals surface area (Å²) in [5.41, 5.74) is 1.39. The van der Waals surface area contributed by atoms with Gasteiger partial charge in [0, 0.05) is 12.5 Å². The van der Waals surface area contributed by atoms with Gasteiger partial charge in [-0.3, -0.25) is 4.79 Å². The number of carbonyl (C=O) groups is 1. The number of carbonyl (C=O) groups excluding carboxylic acids is 1. The quantitative estimate of drug-likeness (QED) is 0.482. The molecule has 0 aliphatic heterocycles. The second-order valence-corrected chi connectivity index (χ2v) is 8.68. The van der Waals surface area contributed by atoms with E-state index in [0.717, 1.165) is 5.56 Å². The normalized spacial score (nSPS) is 19.8. The molecule has 7 heteroatoms. The standard InChI is InChI=1S/C25H27F2NO3S/c1-16-14-20(27)8-11-22(16)28(15-17-2-9-21(29)10-3-17)25(31)24(32)13-12-23(30)18-4-6-19(26)7-5-18/h2-11,14,16,22-24,29-30,32H,12-13,15H2,1H3/t16-,22?,23-,24-/m0/s1. The SMILES string of the molecule is C[C@H]1C=C(F)C=CC1N(Cc1ccc(O)cc1)C(=O)[C@@H](S)CC[C@H](O)c1ccc(F)cc1. The minimum absolute atomic E-state index is 0.129. The van der Waals surface area contributed by atoms with Crippen LogP contribution in [0.25, 0.3) is 0 Å². The molecule has 0 heterocycles. The largest absolute Gasteiger partial charge is 0.508 e. The fraction of sp³-hybridized carbons (Fsp3) is 0.320. The maximum atomic E-state index is 13.7. The first-order valence-corrected chi connectivity index (χ1v) is 11.0. The van der Waals surface area contributed by atoms with Gasteiger partial charge in [0.1, 0.15) is 17.4 Å². The number of hydrogen-bond acceptors (Lipinski definition) is 4. The van der Waals surface area contributed by atoms with Crippen LogP contribution >= 0.6 is 12.6 Å². The van der Waals surface area contributed by atoms with Crippen LogP contribution in [-0.4, -0.2) is 32.3 Å². The van der Waals surface area contributed by atoms with Crippen molar-refractivity contribution in [3.8, 4) is 5.75 Å². The third-order valence-corrected chi connectivity index (χ3v) is 6.08. The number of benzene rings is 2. The summed E-state index contributed by atoms with van der Waals surface area (Å²) in [6, 6.07) is 11.8. The molecular formula is C25H27F2NO3S. The van der Waals surface area contributed by atoms with Crippen molar-refractivity contribution < 1.29 is 23.8 Å². The van der Waals surface area contributed by atoms with E-state index >= 15 is 0 Å². The highest BCUT2D eigenvalue weighted by atomic mass is 32.1. The zero-order valence-electron chi connectivity index (χ0n) is 17.7. The molecule has 2 N–H and O–H groups in total. The Bertz CT molecular complexity index is 976. The van der Waals surface area contributed by atoms with Crippen molar-refractivity contribution >= 4 is 18.5 Å². The van der Waals surface area contributed by atoms with E-state index in [9.17, 15) is 23.8 Å².